The second-order valence-electron chi connectivity index (χ2n) is 10.1. The van der Waals surface area contributed by atoms with Crippen LogP contribution < -0.4 is 0 Å². The zero-order chi connectivity index (χ0) is 25.6. The third-order valence-corrected chi connectivity index (χ3v) is 9.84. The molecule has 0 fully saturated rings. The number of nitrogens with zero attached hydrogens (tertiary/aromatic N) is 1. The molecule has 6 atom stereocenters. The average molecular weight is 512 g/mol. The number of carbonyl (C=O) groups excluding carboxylic acids is 1. The normalized spacial score (nSPS) is 34.2. The number of aryl methyl sites for hydroxylation is 1. The van der Waals surface area contributed by atoms with Crippen molar-refractivity contribution in [2.45, 2.75) is 109 Å². The van der Waals surface area contributed by atoms with E-state index in [2.05, 4.69) is 18.0 Å². The quantitative estimate of drug-likeness (QED) is 0.331. The van der Waals surface area contributed by atoms with Crippen LogP contribution in [0.5, 0.6) is 0 Å². The van der Waals surface area contributed by atoms with E-state index in [1.807, 2.05) is 32.2 Å². The van der Waals surface area contributed by atoms with Crippen molar-refractivity contribution >= 4 is 34.6 Å². The maximum absolute atomic E-state index is 13.3. The van der Waals surface area contributed by atoms with E-state index in [0.717, 1.165) is 35.5 Å². The van der Waals surface area contributed by atoms with Gasteiger partial charge in [-0.2, -0.15) is 0 Å². The monoisotopic (exact) mass is 511 g/mol. The number of thiazole rings is 1. The summed E-state index contributed by atoms with van der Waals surface area (Å²) < 4.78 is 18.0. The molecule has 0 aliphatic carbocycles. The first-order valence-electron chi connectivity index (χ1n) is 12.0. The molecule has 1 aliphatic heterocycles. The Morgan fingerprint density at radius 1 is 1.32 bits per heavy atom. The number of esters is 1. The van der Waals surface area contributed by atoms with Crippen molar-refractivity contribution in [3.63, 3.8) is 0 Å². The van der Waals surface area contributed by atoms with Crippen LogP contribution in [0.25, 0.3) is 6.08 Å². The van der Waals surface area contributed by atoms with Gasteiger partial charge in [-0.1, -0.05) is 18.6 Å². The van der Waals surface area contributed by atoms with Crippen LogP contribution in [0.15, 0.2) is 22.6 Å². The summed E-state index contributed by atoms with van der Waals surface area (Å²) in [5.41, 5.74) is 2.92. The van der Waals surface area contributed by atoms with Crippen molar-refractivity contribution in [2.75, 3.05) is 0 Å². The van der Waals surface area contributed by atoms with E-state index in [0.29, 0.717) is 6.42 Å². The lowest BCUT2D eigenvalue weighted by molar-refractivity contribution is -0.149. The number of aliphatic hydroxyl groups excluding tert-OH is 2. The highest BCUT2D eigenvalue weighted by Crippen LogP contribution is 2.32. The van der Waals surface area contributed by atoms with Crippen molar-refractivity contribution in [2.24, 2.45) is 5.92 Å². The van der Waals surface area contributed by atoms with Crippen molar-refractivity contribution < 1.29 is 24.3 Å². The van der Waals surface area contributed by atoms with Gasteiger partial charge >= 0.3 is 5.97 Å². The first-order valence-corrected chi connectivity index (χ1v) is 14.1. The van der Waals surface area contributed by atoms with Crippen LogP contribution in [-0.2, 0) is 20.7 Å². The van der Waals surface area contributed by atoms with Gasteiger partial charge in [-0.15, -0.1) is 11.3 Å². The van der Waals surface area contributed by atoms with Crippen LogP contribution in [0.3, 0.4) is 0 Å². The van der Waals surface area contributed by atoms with Crippen LogP contribution in [0.1, 0.15) is 84.3 Å². The van der Waals surface area contributed by atoms with E-state index in [1.165, 1.54) is 5.57 Å². The van der Waals surface area contributed by atoms with Crippen molar-refractivity contribution in [3.8, 4) is 0 Å². The molecule has 8 heteroatoms. The number of hydrogen-bond donors (Lipinski definition) is 2. The lowest BCUT2D eigenvalue weighted by Crippen LogP contribution is -2.52. The van der Waals surface area contributed by atoms with Gasteiger partial charge in [-0.25, -0.2) is 4.98 Å². The van der Waals surface area contributed by atoms with E-state index in [4.69, 9.17) is 4.74 Å². The molecule has 0 bridgehead atoms. The molecule has 1 aromatic rings. The molecule has 0 aromatic carbocycles. The molecule has 192 valence electrons. The van der Waals surface area contributed by atoms with Gasteiger partial charge in [0.2, 0.25) is 0 Å². The summed E-state index contributed by atoms with van der Waals surface area (Å²) in [5.74, 6) is -0.554. The van der Waals surface area contributed by atoms with Crippen LogP contribution >= 0.6 is 11.3 Å². The number of ether oxygens (including phenoxy) is 1. The molecule has 1 unspecified atom stereocenters. The van der Waals surface area contributed by atoms with Gasteiger partial charge in [0, 0.05) is 11.8 Å². The molecule has 2 heterocycles. The molecule has 0 radical (unpaired) electrons. The maximum Gasteiger partial charge on any atom is 0.309 e. The van der Waals surface area contributed by atoms with Crippen molar-refractivity contribution in [1.29, 1.82) is 0 Å². The number of carbonyl (C=O) groups is 1. The first kappa shape index (κ1) is 29.0. The zero-order valence-corrected chi connectivity index (χ0v) is 23.2. The smallest absolute Gasteiger partial charge is 0.309 e. The largest absolute Gasteiger partial charge is 0.616 e. The Balaban J connectivity index is 2.32. The molecule has 0 saturated carbocycles. The topological polar surface area (TPSA) is 103 Å². The SMILES string of the molecule is C/C1=C/C[C@@H](/C(C)=C/c2csc(C)n2)OC(=O)C[C@H](O)C(C)(C)[S+]([O-])[C@H](C)[C@@H](O)[C@@H](C)CCC1. The fourth-order valence-corrected chi connectivity index (χ4v) is 6.60. The summed E-state index contributed by atoms with van der Waals surface area (Å²) in [6.07, 6.45) is 4.52. The van der Waals surface area contributed by atoms with E-state index in [9.17, 15) is 19.6 Å². The number of aromatic nitrogens is 1. The number of rotatable bonds is 2. The highest BCUT2D eigenvalue weighted by molar-refractivity contribution is 7.93. The Morgan fingerprint density at radius 2 is 2.00 bits per heavy atom. The zero-order valence-electron chi connectivity index (χ0n) is 21.5. The van der Waals surface area contributed by atoms with Gasteiger partial charge in [-0.3, -0.25) is 4.79 Å². The number of cyclic esters (lactones) is 1. The molecular formula is C26H41NO5S2. The van der Waals surface area contributed by atoms with E-state index in [-0.39, 0.29) is 12.3 Å². The standard InChI is InChI=1S/C26H41NO5S2/c1-16-9-8-10-17(2)25(30)19(4)34(31)26(6,7)23(28)14-24(29)32-22(12-11-16)18(3)13-21-15-33-20(5)27-21/h11,13,15,17,19,22-23,25,28,30H,8-10,12,14H2,1-7H3/b16-11-,18-13+/t17-,19+,22-,23-,25-,34?/m0/s1. The minimum Gasteiger partial charge on any atom is -0.616 e. The lowest BCUT2D eigenvalue weighted by Gasteiger charge is -2.38. The molecule has 0 amide bonds. The van der Waals surface area contributed by atoms with Gasteiger partial charge < -0.3 is 19.5 Å². The average Bonchev–Trinajstić information content (AvgIpc) is 3.18. The summed E-state index contributed by atoms with van der Waals surface area (Å²) in [4.78, 5) is 17.3. The molecule has 0 spiro atoms. The molecule has 34 heavy (non-hydrogen) atoms. The Labute approximate surface area is 211 Å². The fraction of sp³-hybridized carbons (Fsp3) is 0.692. The second kappa shape index (κ2) is 12.7. The first-order chi connectivity index (χ1) is 15.8. The highest BCUT2D eigenvalue weighted by Gasteiger charge is 2.46. The fourth-order valence-electron chi connectivity index (χ4n) is 4.20. The Kier molecular flexibility index (Phi) is 10.8. The molecular weight excluding hydrogens is 470 g/mol. The van der Waals surface area contributed by atoms with Gasteiger partial charge in [-0.05, 0) is 89.5 Å². The summed E-state index contributed by atoms with van der Waals surface area (Å²) in [6, 6.07) is 0. The summed E-state index contributed by atoms with van der Waals surface area (Å²) in [7, 11) is 0. The minimum absolute atomic E-state index is 0.0166. The van der Waals surface area contributed by atoms with Crippen LogP contribution in [-0.4, -0.2) is 54.0 Å². The van der Waals surface area contributed by atoms with Crippen LogP contribution in [0.2, 0.25) is 0 Å². The molecule has 6 nitrogen and oxygen atoms in total. The number of allylic oxidation sites excluding steroid dienone is 1. The Bertz CT molecular complexity index is 878. The minimum atomic E-state index is -1.56. The number of hydrogen-bond acceptors (Lipinski definition) is 7. The highest BCUT2D eigenvalue weighted by atomic mass is 32.2. The van der Waals surface area contributed by atoms with Crippen molar-refractivity contribution in [3.05, 3.63) is 33.3 Å². The third kappa shape index (κ3) is 7.92. The molecule has 1 aliphatic rings. The van der Waals surface area contributed by atoms with Crippen LogP contribution in [0.4, 0.5) is 0 Å². The predicted octanol–water partition coefficient (Wildman–Crippen LogP) is 4.95. The Hall–Kier alpha value is -1.19. The van der Waals surface area contributed by atoms with Gasteiger partial charge in [0.15, 0.2) is 0 Å². The molecule has 2 N–H and O–H groups in total. The van der Waals surface area contributed by atoms with Crippen LogP contribution in [0, 0.1) is 12.8 Å². The molecule has 0 saturated heterocycles. The van der Waals surface area contributed by atoms with E-state index < -0.39 is 45.5 Å². The van der Waals surface area contributed by atoms with Gasteiger partial charge in [0.1, 0.15) is 28.3 Å². The maximum atomic E-state index is 13.3. The molecule has 2 rings (SSSR count). The van der Waals surface area contributed by atoms with E-state index in [1.54, 1.807) is 32.1 Å². The lowest BCUT2D eigenvalue weighted by atomic mass is 9.94. The Morgan fingerprint density at radius 3 is 2.62 bits per heavy atom. The summed E-state index contributed by atoms with van der Waals surface area (Å²) >= 11 is 0.0101. The molecule has 1 aromatic heterocycles. The van der Waals surface area contributed by atoms with E-state index >= 15 is 0 Å². The summed E-state index contributed by atoms with van der Waals surface area (Å²) in [6.45, 7) is 13.0. The second-order valence-corrected chi connectivity index (χ2v) is 13.6. The number of aliphatic hydroxyl groups is 2. The van der Waals surface area contributed by atoms with Crippen molar-refractivity contribution in [1.82, 2.24) is 4.98 Å². The van der Waals surface area contributed by atoms with Gasteiger partial charge in [0.05, 0.1) is 17.1 Å². The van der Waals surface area contributed by atoms with Gasteiger partial charge in [0.25, 0.3) is 0 Å². The summed E-state index contributed by atoms with van der Waals surface area (Å²) in [5, 5.41) is 24.1. The third-order valence-electron chi connectivity index (χ3n) is 6.79. The predicted molar refractivity (Wildman–Crippen MR) is 140 cm³/mol.